The van der Waals surface area contributed by atoms with Crippen molar-refractivity contribution in [2.45, 2.75) is 30.7 Å². The van der Waals surface area contributed by atoms with Gasteiger partial charge in [0, 0.05) is 16.3 Å². The summed E-state index contributed by atoms with van der Waals surface area (Å²) in [4.78, 5) is 0.988. The molecule has 88 valence electrons. The number of halogens is 1. The number of hydrogen-bond acceptors (Lipinski definition) is 2. The first kappa shape index (κ1) is 12.3. The summed E-state index contributed by atoms with van der Waals surface area (Å²) in [6.07, 6.45) is 2.10. The van der Waals surface area contributed by atoms with E-state index in [0.717, 1.165) is 34.5 Å². The average molecular weight is 302 g/mol. The molecular weight excluding hydrogens is 286 g/mol. The maximum Gasteiger partial charge on any atom is 0.0577 e. The topological polar surface area (TPSA) is 29.1 Å². The van der Waals surface area contributed by atoms with E-state index >= 15 is 0 Å². The van der Waals surface area contributed by atoms with Crippen LogP contribution >= 0.6 is 15.9 Å². The zero-order valence-corrected chi connectivity index (χ0v) is 11.7. The molecule has 4 heteroatoms. The number of rotatable bonds is 3. The van der Waals surface area contributed by atoms with Gasteiger partial charge in [0.05, 0.1) is 15.7 Å². The van der Waals surface area contributed by atoms with Crippen molar-refractivity contribution < 1.29 is 4.21 Å². The zero-order valence-electron chi connectivity index (χ0n) is 9.33. The summed E-state index contributed by atoms with van der Waals surface area (Å²) in [6, 6.07) is 6.44. The molecule has 1 heterocycles. The minimum atomic E-state index is -0.840. The molecule has 0 saturated carbocycles. The minimum Gasteiger partial charge on any atom is -0.310 e. The predicted molar refractivity (Wildman–Crippen MR) is 71.1 cm³/mol. The molecule has 1 aliphatic heterocycles. The predicted octanol–water partition coefficient (Wildman–Crippen LogP) is 3.00. The molecule has 2 nitrogen and oxygen atoms in total. The van der Waals surface area contributed by atoms with Crippen molar-refractivity contribution in [1.29, 1.82) is 0 Å². The van der Waals surface area contributed by atoms with Crippen molar-refractivity contribution >= 4 is 26.7 Å². The van der Waals surface area contributed by atoms with Crippen LogP contribution < -0.4 is 5.32 Å². The highest BCUT2D eigenvalue weighted by Crippen LogP contribution is 2.34. The van der Waals surface area contributed by atoms with Gasteiger partial charge in [0.15, 0.2) is 0 Å². The second kappa shape index (κ2) is 5.43. The van der Waals surface area contributed by atoms with Crippen LogP contribution in [-0.4, -0.2) is 16.5 Å². The number of fused-ring (bicyclic) bond motifs is 1. The highest BCUT2D eigenvalue weighted by atomic mass is 79.9. The van der Waals surface area contributed by atoms with Gasteiger partial charge in [-0.1, -0.05) is 19.1 Å². The molecule has 2 rings (SSSR count). The van der Waals surface area contributed by atoms with Gasteiger partial charge in [-0.25, -0.2) is 0 Å². The summed E-state index contributed by atoms with van der Waals surface area (Å²) in [5.41, 5.74) is 1.20. The van der Waals surface area contributed by atoms with Crippen molar-refractivity contribution in [3.05, 3.63) is 28.2 Å². The number of nitrogens with one attached hydrogen (secondary N) is 1. The van der Waals surface area contributed by atoms with Gasteiger partial charge in [-0.3, -0.25) is 4.21 Å². The molecule has 0 aliphatic carbocycles. The molecule has 0 bridgehead atoms. The fourth-order valence-corrected chi connectivity index (χ4v) is 4.39. The quantitative estimate of drug-likeness (QED) is 0.930. The van der Waals surface area contributed by atoms with Crippen LogP contribution in [0.1, 0.15) is 31.4 Å². The van der Waals surface area contributed by atoms with Crippen LogP contribution in [0.2, 0.25) is 0 Å². The lowest BCUT2D eigenvalue weighted by molar-refractivity contribution is 0.503. The molecular formula is C12H16BrNOS. The van der Waals surface area contributed by atoms with Gasteiger partial charge >= 0.3 is 0 Å². The van der Waals surface area contributed by atoms with E-state index in [1.165, 1.54) is 5.56 Å². The van der Waals surface area contributed by atoms with Gasteiger partial charge in [0.2, 0.25) is 0 Å². The Bertz CT molecular complexity index is 408. The van der Waals surface area contributed by atoms with Crippen LogP contribution in [0.25, 0.3) is 0 Å². The molecule has 1 aromatic carbocycles. The van der Waals surface area contributed by atoms with Gasteiger partial charge in [-0.05, 0) is 46.9 Å². The van der Waals surface area contributed by atoms with Crippen molar-refractivity contribution in [1.82, 2.24) is 5.32 Å². The summed E-state index contributed by atoms with van der Waals surface area (Å²) < 4.78 is 13.0. The van der Waals surface area contributed by atoms with Gasteiger partial charge in [-0.2, -0.15) is 0 Å². The lowest BCUT2D eigenvalue weighted by atomic mass is 10.0. The van der Waals surface area contributed by atoms with Gasteiger partial charge < -0.3 is 5.32 Å². The molecule has 2 unspecified atom stereocenters. The normalized spacial score (nSPS) is 24.1. The van der Waals surface area contributed by atoms with Crippen molar-refractivity contribution in [2.75, 3.05) is 12.3 Å². The van der Waals surface area contributed by atoms with Crippen molar-refractivity contribution in [3.8, 4) is 0 Å². The largest absolute Gasteiger partial charge is 0.310 e. The lowest BCUT2D eigenvalue weighted by Gasteiger charge is -2.26. The number of benzene rings is 1. The second-order valence-corrected chi connectivity index (χ2v) is 6.37. The molecule has 0 spiro atoms. The fraction of sp³-hybridized carbons (Fsp3) is 0.500. The molecule has 0 aromatic heterocycles. The summed E-state index contributed by atoms with van der Waals surface area (Å²) in [5.74, 6) is 0.761. The first-order chi connectivity index (χ1) is 7.74. The smallest absolute Gasteiger partial charge is 0.0577 e. The Morgan fingerprint density at radius 1 is 1.56 bits per heavy atom. The van der Waals surface area contributed by atoms with E-state index in [1.54, 1.807) is 0 Å². The fourth-order valence-electron chi connectivity index (χ4n) is 2.05. The maximum absolute atomic E-state index is 12.0. The summed E-state index contributed by atoms with van der Waals surface area (Å²) in [5, 5.41) is 3.52. The average Bonchev–Trinajstić information content (AvgIpc) is 2.28. The van der Waals surface area contributed by atoms with Crippen LogP contribution in [0.4, 0.5) is 0 Å². The van der Waals surface area contributed by atoms with E-state index < -0.39 is 10.8 Å². The highest BCUT2D eigenvalue weighted by Gasteiger charge is 2.25. The molecule has 1 aromatic rings. The van der Waals surface area contributed by atoms with E-state index in [-0.39, 0.29) is 0 Å². The number of hydrogen-bond donors (Lipinski definition) is 1. The SMILES string of the molecule is CCCNC1CCS(=O)c2c(Br)cccc21. The van der Waals surface area contributed by atoms with E-state index in [2.05, 4.69) is 34.2 Å². The lowest BCUT2D eigenvalue weighted by Crippen LogP contribution is -2.28. The maximum atomic E-state index is 12.0. The Balaban J connectivity index is 2.33. The zero-order chi connectivity index (χ0) is 11.5. The van der Waals surface area contributed by atoms with Crippen molar-refractivity contribution in [3.63, 3.8) is 0 Å². The van der Waals surface area contributed by atoms with E-state index in [1.807, 2.05) is 12.1 Å². The molecule has 16 heavy (non-hydrogen) atoms. The molecule has 0 amide bonds. The highest BCUT2D eigenvalue weighted by molar-refractivity contribution is 9.10. The van der Waals surface area contributed by atoms with Gasteiger partial charge in [0.25, 0.3) is 0 Å². The molecule has 0 radical (unpaired) electrons. The van der Waals surface area contributed by atoms with Crippen LogP contribution in [0.5, 0.6) is 0 Å². The van der Waals surface area contributed by atoms with Crippen LogP contribution in [0.3, 0.4) is 0 Å². The summed E-state index contributed by atoms with van der Waals surface area (Å²) in [6.45, 7) is 3.18. The van der Waals surface area contributed by atoms with Crippen LogP contribution in [-0.2, 0) is 10.8 Å². The first-order valence-electron chi connectivity index (χ1n) is 5.64. The van der Waals surface area contributed by atoms with Crippen molar-refractivity contribution in [2.24, 2.45) is 0 Å². The summed E-state index contributed by atoms with van der Waals surface area (Å²) in [7, 11) is -0.840. The summed E-state index contributed by atoms with van der Waals surface area (Å²) >= 11 is 3.50. The standard InChI is InChI=1S/C12H16BrNOS/c1-2-7-14-11-6-8-16(15)12-9(11)4-3-5-10(12)13/h3-5,11,14H,2,6-8H2,1H3. The molecule has 0 saturated heterocycles. The Morgan fingerprint density at radius 2 is 2.38 bits per heavy atom. The van der Waals surface area contributed by atoms with Gasteiger partial charge in [-0.15, -0.1) is 0 Å². The third-order valence-electron chi connectivity index (χ3n) is 2.83. The van der Waals surface area contributed by atoms with E-state index in [9.17, 15) is 4.21 Å². The first-order valence-corrected chi connectivity index (χ1v) is 7.75. The Hall–Kier alpha value is -0.190. The molecule has 1 aliphatic rings. The molecule has 1 N–H and O–H groups in total. The van der Waals surface area contributed by atoms with Crippen LogP contribution in [0, 0.1) is 0 Å². The van der Waals surface area contributed by atoms with E-state index in [4.69, 9.17) is 0 Å². The monoisotopic (exact) mass is 301 g/mol. The second-order valence-electron chi connectivity index (χ2n) is 4.00. The van der Waals surface area contributed by atoms with E-state index in [0.29, 0.717) is 6.04 Å². The molecule has 2 atom stereocenters. The Morgan fingerprint density at radius 3 is 3.12 bits per heavy atom. The molecule has 0 fully saturated rings. The Labute approximate surface area is 107 Å². The Kier molecular flexibility index (Phi) is 4.16. The third-order valence-corrected chi connectivity index (χ3v) is 5.27. The van der Waals surface area contributed by atoms with Crippen LogP contribution in [0.15, 0.2) is 27.6 Å². The minimum absolute atomic E-state index is 0.366. The van der Waals surface area contributed by atoms with Gasteiger partial charge in [0.1, 0.15) is 0 Å². The third kappa shape index (κ3) is 2.39.